The molecule has 7 nitrogen and oxygen atoms in total. The molecule has 1 aromatic rings. The number of benzene rings is 1. The van der Waals surface area contributed by atoms with Gasteiger partial charge in [0, 0.05) is 24.2 Å². The zero-order chi connectivity index (χ0) is 15.6. The van der Waals surface area contributed by atoms with Crippen molar-refractivity contribution in [1.82, 2.24) is 10.0 Å². The quantitative estimate of drug-likeness (QED) is 0.643. The number of sulfonamides is 1. The first-order valence-electron chi connectivity index (χ1n) is 6.80. The van der Waals surface area contributed by atoms with Crippen LogP contribution in [0.4, 0.5) is 5.69 Å². The molecule has 1 saturated heterocycles. The van der Waals surface area contributed by atoms with Crippen molar-refractivity contribution in [3.63, 3.8) is 0 Å². The Kier molecular flexibility index (Phi) is 4.60. The summed E-state index contributed by atoms with van der Waals surface area (Å²) in [5.41, 5.74) is 0.785. The van der Waals surface area contributed by atoms with Gasteiger partial charge in [-0.05, 0) is 44.9 Å². The van der Waals surface area contributed by atoms with Gasteiger partial charge >= 0.3 is 0 Å². The first kappa shape index (κ1) is 15.9. The SMILES string of the molecule is Cc1cc(C)c(S(=O)(=O)NC2CCCNC2)cc1[N+](=O)[O-]. The summed E-state index contributed by atoms with van der Waals surface area (Å²) in [5, 5.41) is 14.1. The highest BCUT2D eigenvalue weighted by Gasteiger charge is 2.26. The Balaban J connectivity index is 2.34. The fourth-order valence-electron chi connectivity index (χ4n) is 2.54. The average molecular weight is 313 g/mol. The number of hydrogen-bond donors (Lipinski definition) is 2. The number of aryl methyl sites for hydroxylation is 2. The normalized spacial score (nSPS) is 19.4. The first-order valence-corrected chi connectivity index (χ1v) is 8.28. The van der Waals surface area contributed by atoms with Crippen molar-refractivity contribution in [3.05, 3.63) is 33.4 Å². The second-order valence-electron chi connectivity index (χ2n) is 5.33. The lowest BCUT2D eigenvalue weighted by molar-refractivity contribution is -0.385. The van der Waals surface area contributed by atoms with E-state index in [0.717, 1.165) is 25.5 Å². The van der Waals surface area contributed by atoms with E-state index in [-0.39, 0.29) is 16.6 Å². The molecule has 1 aliphatic rings. The summed E-state index contributed by atoms with van der Waals surface area (Å²) < 4.78 is 27.5. The van der Waals surface area contributed by atoms with Gasteiger partial charge in [-0.2, -0.15) is 0 Å². The van der Waals surface area contributed by atoms with Crippen molar-refractivity contribution in [2.45, 2.75) is 37.6 Å². The minimum absolute atomic E-state index is 0.0228. The van der Waals surface area contributed by atoms with E-state index in [1.54, 1.807) is 13.8 Å². The van der Waals surface area contributed by atoms with Gasteiger partial charge in [-0.15, -0.1) is 0 Å². The van der Waals surface area contributed by atoms with Crippen molar-refractivity contribution in [3.8, 4) is 0 Å². The molecule has 0 saturated carbocycles. The second-order valence-corrected chi connectivity index (χ2v) is 7.01. The second kappa shape index (κ2) is 6.08. The minimum Gasteiger partial charge on any atom is -0.315 e. The van der Waals surface area contributed by atoms with Crippen LogP contribution in [0.2, 0.25) is 0 Å². The largest absolute Gasteiger partial charge is 0.315 e. The van der Waals surface area contributed by atoms with Crippen molar-refractivity contribution >= 4 is 15.7 Å². The van der Waals surface area contributed by atoms with Gasteiger partial charge in [-0.25, -0.2) is 13.1 Å². The minimum atomic E-state index is -3.76. The predicted octanol–water partition coefficient (Wildman–Crippen LogP) is 1.24. The van der Waals surface area contributed by atoms with E-state index in [1.807, 2.05) is 0 Å². The molecule has 0 radical (unpaired) electrons. The number of nitro benzene ring substituents is 1. The van der Waals surface area contributed by atoms with Crippen LogP contribution in [0.1, 0.15) is 24.0 Å². The Morgan fingerprint density at radius 1 is 1.33 bits per heavy atom. The molecule has 1 heterocycles. The highest BCUT2D eigenvalue weighted by Crippen LogP contribution is 2.26. The molecule has 0 aromatic heterocycles. The first-order chi connectivity index (χ1) is 9.81. The lowest BCUT2D eigenvalue weighted by Gasteiger charge is -2.24. The lowest BCUT2D eigenvalue weighted by atomic mass is 10.1. The van der Waals surface area contributed by atoms with Crippen molar-refractivity contribution in [2.75, 3.05) is 13.1 Å². The van der Waals surface area contributed by atoms with Crippen LogP contribution in [0.5, 0.6) is 0 Å². The number of hydrogen-bond acceptors (Lipinski definition) is 5. The van der Waals surface area contributed by atoms with Gasteiger partial charge in [0.1, 0.15) is 0 Å². The molecule has 0 amide bonds. The average Bonchev–Trinajstić information content (AvgIpc) is 2.38. The Labute approximate surface area is 123 Å². The molecule has 0 spiro atoms. The molecule has 1 atom stereocenters. The van der Waals surface area contributed by atoms with Gasteiger partial charge in [0.25, 0.3) is 5.69 Å². The van der Waals surface area contributed by atoms with Gasteiger partial charge in [-0.3, -0.25) is 10.1 Å². The Morgan fingerprint density at radius 2 is 2.05 bits per heavy atom. The highest BCUT2D eigenvalue weighted by molar-refractivity contribution is 7.89. The Morgan fingerprint density at radius 3 is 2.62 bits per heavy atom. The van der Waals surface area contributed by atoms with Crippen LogP contribution in [-0.4, -0.2) is 32.5 Å². The molecule has 21 heavy (non-hydrogen) atoms. The fourth-order valence-corrected chi connectivity index (χ4v) is 4.06. The van der Waals surface area contributed by atoms with E-state index in [2.05, 4.69) is 10.0 Å². The molecule has 1 unspecified atom stereocenters. The fraction of sp³-hybridized carbons (Fsp3) is 0.538. The molecular weight excluding hydrogens is 294 g/mol. The molecule has 116 valence electrons. The number of nitrogens with zero attached hydrogens (tertiary/aromatic N) is 1. The number of nitro groups is 1. The van der Waals surface area contributed by atoms with Crippen molar-refractivity contribution < 1.29 is 13.3 Å². The summed E-state index contributed by atoms with van der Waals surface area (Å²) in [7, 11) is -3.76. The topological polar surface area (TPSA) is 101 Å². The predicted molar refractivity (Wildman–Crippen MR) is 78.8 cm³/mol. The molecule has 0 aliphatic carbocycles. The summed E-state index contributed by atoms with van der Waals surface area (Å²) >= 11 is 0. The number of nitrogens with one attached hydrogen (secondary N) is 2. The van der Waals surface area contributed by atoms with Crippen LogP contribution in [0, 0.1) is 24.0 Å². The maximum atomic E-state index is 12.4. The van der Waals surface area contributed by atoms with E-state index in [9.17, 15) is 18.5 Å². The Bertz CT molecular complexity index is 652. The van der Waals surface area contributed by atoms with Crippen LogP contribution in [0.25, 0.3) is 0 Å². The smallest absolute Gasteiger partial charge is 0.273 e. The molecule has 8 heteroatoms. The summed E-state index contributed by atoms with van der Waals surface area (Å²) in [6.45, 7) is 4.70. The van der Waals surface area contributed by atoms with Crippen LogP contribution in [0.3, 0.4) is 0 Å². The molecule has 2 N–H and O–H groups in total. The number of piperidine rings is 1. The molecule has 1 fully saturated rings. The zero-order valence-corrected chi connectivity index (χ0v) is 12.9. The van der Waals surface area contributed by atoms with Gasteiger partial charge in [0.15, 0.2) is 0 Å². The summed E-state index contributed by atoms with van der Waals surface area (Å²) in [4.78, 5) is 10.4. The van der Waals surface area contributed by atoms with E-state index in [1.165, 1.54) is 6.07 Å². The summed E-state index contributed by atoms with van der Waals surface area (Å²) in [6.07, 6.45) is 1.67. The van der Waals surface area contributed by atoms with Gasteiger partial charge < -0.3 is 5.32 Å². The monoisotopic (exact) mass is 313 g/mol. The molecule has 1 aliphatic heterocycles. The van der Waals surface area contributed by atoms with E-state index < -0.39 is 14.9 Å². The molecular formula is C13H19N3O4S. The van der Waals surface area contributed by atoms with Gasteiger partial charge in [0.2, 0.25) is 10.0 Å². The number of rotatable bonds is 4. The summed E-state index contributed by atoms with van der Waals surface area (Å²) in [6, 6.07) is 2.50. The molecule has 1 aromatic carbocycles. The Hall–Kier alpha value is -1.51. The molecule has 2 rings (SSSR count). The van der Waals surface area contributed by atoms with Gasteiger partial charge in [0.05, 0.1) is 9.82 Å². The van der Waals surface area contributed by atoms with E-state index in [4.69, 9.17) is 0 Å². The maximum Gasteiger partial charge on any atom is 0.273 e. The standard InChI is InChI=1S/C13H19N3O4S/c1-9-6-10(2)13(7-12(9)16(17)18)21(19,20)15-11-4-3-5-14-8-11/h6-7,11,14-15H,3-5,8H2,1-2H3. The van der Waals surface area contributed by atoms with Crippen LogP contribution in [-0.2, 0) is 10.0 Å². The summed E-state index contributed by atoms with van der Waals surface area (Å²) in [5.74, 6) is 0. The maximum absolute atomic E-state index is 12.4. The van der Waals surface area contributed by atoms with E-state index >= 15 is 0 Å². The third-order valence-corrected chi connectivity index (χ3v) is 5.26. The van der Waals surface area contributed by atoms with Crippen LogP contribution >= 0.6 is 0 Å². The molecule has 0 bridgehead atoms. The van der Waals surface area contributed by atoms with E-state index in [0.29, 0.717) is 17.7 Å². The van der Waals surface area contributed by atoms with Crippen LogP contribution in [0.15, 0.2) is 17.0 Å². The van der Waals surface area contributed by atoms with Crippen molar-refractivity contribution in [1.29, 1.82) is 0 Å². The third-order valence-electron chi connectivity index (χ3n) is 3.60. The van der Waals surface area contributed by atoms with Crippen LogP contribution < -0.4 is 10.0 Å². The van der Waals surface area contributed by atoms with Gasteiger partial charge in [-0.1, -0.05) is 0 Å². The lowest BCUT2D eigenvalue weighted by Crippen LogP contribution is -2.45. The highest BCUT2D eigenvalue weighted by atomic mass is 32.2. The van der Waals surface area contributed by atoms with Crippen molar-refractivity contribution in [2.24, 2.45) is 0 Å². The zero-order valence-electron chi connectivity index (χ0n) is 12.0. The third kappa shape index (κ3) is 3.58.